The predicted molar refractivity (Wildman–Crippen MR) is 92.5 cm³/mol. The summed E-state index contributed by atoms with van der Waals surface area (Å²) in [5.74, 6) is 1.00. The zero-order chi connectivity index (χ0) is 14.4. The molecule has 1 aliphatic rings. The molecule has 0 aromatic heterocycles. The molecule has 1 heterocycles. The van der Waals surface area contributed by atoms with Gasteiger partial charge in [0.1, 0.15) is 0 Å². The fourth-order valence-electron chi connectivity index (χ4n) is 2.32. The van der Waals surface area contributed by atoms with Crippen LogP contribution in [0.1, 0.15) is 30.4 Å². The van der Waals surface area contributed by atoms with Crippen LogP contribution in [0.5, 0.6) is 0 Å². The zero-order valence-corrected chi connectivity index (χ0v) is 14.4. The number of carbonyl (C=O) groups excluding carboxylic acids is 1. The normalized spacial score (nSPS) is 17.3. The second-order valence-corrected chi connectivity index (χ2v) is 6.61. The van der Waals surface area contributed by atoms with Gasteiger partial charge in [-0.2, -0.15) is 0 Å². The number of rotatable bonds is 6. The summed E-state index contributed by atoms with van der Waals surface area (Å²) in [6, 6.07) is 6.95. The number of aryl methyl sites for hydroxylation is 2. The Balaban J connectivity index is 0.00000220. The van der Waals surface area contributed by atoms with Gasteiger partial charge in [-0.15, -0.1) is 24.2 Å². The first kappa shape index (κ1) is 18.3. The van der Waals surface area contributed by atoms with Crippen molar-refractivity contribution < 1.29 is 4.79 Å². The fourth-order valence-corrected chi connectivity index (χ4v) is 3.27. The molecule has 2 N–H and O–H groups in total. The maximum Gasteiger partial charge on any atom is 0.220 e. The van der Waals surface area contributed by atoms with Crippen molar-refractivity contribution in [2.45, 2.75) is 44.0 Å². The van der Waals surface area contributed by atoms with Crippen LogP contribution in [-0.4, -0.2) is 30.8 Å². The second-order valence-electron chi connectivity index (χ2n) is 5.44. The Labute approximate surface area is 138 Å². The molecule has 0 bridgehead atoms. The van der Waals surface area contributed by atoms with Gasteiger partial charge in [0.25, 0.3) is 0 Å². The third kappa shape index (κ3) is 6.29. The van der Waals surface area contributed by atoms with Crippen molar-refractivity contribution in [2.75, 3.05) is 18.8 Å². The molecule has 0 radical (unpaired) electrons. The lowest BCUT2D eigenvalue weighted by molar-refractivity contribution is -0.120. The van der Waals surface area contributed by atoms with E-state index in [0.29, 0.717) is 12.5 Å². The molecule has 1 amide bonds. The monoisotopic (exact) mass is 328 g/mol. The van der Waals surface area contributed by atoms with Crippen molar-refractivity contribution >= 4 is 30.1 Å². The molecule has 2 rings (SSSR count). The van der Waals surface area contributed by atoms with Crippen molar-refractivity contribution in [1.29, 1.82) is 0 Å². The number of nitrogens with one attached hydrogen (secondary N) is 2. The average Bonchev–Trinajstić information content (AvgIpc) is 2.94. The minimum absolute atomic E-state index is 0. The lowest BCUT2D eigenvalue weighted by atomic mass is 10.1. The molecule has 0 spiro atoms. The number of thioether (sulfide) groups is 1. The number of carbonyl (C=O) groups is 1. The van der Waals surface area contributed by atoms with Gasteiger partial charge in [0, 0.05) is 29.7 Å². The smallest absolute Gasteiger partial charge is 0.220 e. The first-order valence-electron chi connectivity index (χ1n) is 7.35. The van der Waals surface area contributed by atoms with Gasteiger partial charge in [0.15, 0.2) is 0 Å². The third-order valence-electron chi connectivity index (χ3n) is 3.78. The van der Waals surface area contributed by atoms with Crippen LogP contribution < -0.4 is 10.6 Å². The van der Waals surface area contributed by atoms with Crippen molar-refractivity contribution in [2.24, 2.45) is 0 Å². The molecule has 1 unspecified atom stereocenters. The first-order chi connectivity index (χ1) is 9.65. The van der Waals surface area contributed by atoms with E-state index in [-0.39, 0.29) is 18.3 Å². The van der Waals surface area contributed by atoms with Gasteiger partial charge in [-0.05, 0) is 56.5 Å². The van der Waals surface area contributed by atoms with Gasteiger partial charge < -0.3 is 10.6 Å². The third-order valence-corrected chi connectivity index (χ3v) is 4.78. The number of benzene rings is 1. The minimum atomic E-state index is 0. The maximum absolute atomic E-state index is 11.8. The van der Waals surface area contributed by atoms with Crippen LogP contribution in [0.4, 0.5) is 0 Å². The summed E-state index contributed by atoms with van der Waals surface area (Å²) in [5.41, 5.74) is 2.63. The molecule has 1 aromatic rings. The summed E-state index contributed by atoms with van der Waals surface area (Å²) < 4.78 is 0. The van der Waals surface area contributed by atoms with Crippen LogP contribution in [-0.2, 0) is 4.79 Å². The quantitative estimate of drug-likeness (QED) is 0.788. The standard InChI is InChI=1S/C16H24N2OS.ClH/c1-12-5-6-15(10-13(12)2)20-9-7-16(19)18-11-14-4-3-8-17-14;/h5-6,10,14,17H,3-4,7-9,11H2,1-2H3,(H,18,19);1H. The van der Waals surface area contributed by atoms with Crippen LogP contribution in [0.2, 0.25) is 0 Å². The SMILES string of the molecule is Cc1ccc(SCCC(=O)NCC2CCCN2)cc1C.Cl. The fraction of sp³-hybridized carbons (Fsp3) is 0.562. The van der Waals surface area contributed by atoms with E-state index in [2.05, 4.69) is 42.7 Å². The van der Waals surface area contributed by atoms with E-state index >= 15 is 0 Å². The molecule has 1 aliphatic heterocycles. The Kier molecular flexibility index (Phi) is 8.15. The van der Waals surface area contributed by atoms with Gasteiger partial charge in [0.2, 0.25) is 5.91 Å². The Bertz CT molecular complexity index is 462. The lowest BCUT2D eigenvalue weighted by Crippen LogP contribution is -2.37. The highest BCUT2D eigenvalue weighted by atomic mass is 35.5. The van der Waals surface area contributed by atoms with Crippen molar-refractivity contribution in [1.82, 2.24) is 10.6 Å². The van der Waals surface area contributed by atoms with E-state index in [4.69, 9.17) is 0 Å². The second kappa shape index (κ2) is 9.34. The highest BCUT2D eigenvalue weighted by molar-refractivity contribution is 7.99. The molecule has 1 fully saturated rings. The van der Waals surface area contributed by atoms with E-state index in [1.165, 1.54) is 28.9 Å². The summed E-state index contributed by atoms with van der Waals surface area (Å²) in [7, 11) is 0. The molecule has 1 atom stereocenters. The van der Waals surface area contributed by atoms with Crippen LogP contribution in [0.3, 0.4) is 0 Å². The van der Waals surface area contributed by atoms with E-state index < -0.39 is 0 Å². The number of amides is 1. The molecule has 0 saturated carbocycles. The lowest BCUT2D eigenvalue weighted by Gasteiger charge is -2.11. The predicted octanol–water partition coefficient (Wildman–Crippen LogP) is 3.08. The van der Waals surface area contributed by atoms with E-state index in [0.717, 1.165) is 18.8 Å². The summed E-state index contributed by atoms with van der Waals surface area (Å²) in [4.78, 5) is 13.0. The number of halogens is 1. The molecule has 21 heavy (non-hydrogen) atoms. The summed E-state index contributed by atoms with van der Waals surface area (Å²) >= 11 is 1.75. The van der Waals surface area contributed by atoms with Gasteiger partial charge in [0.05, 0.1) is 0 Å². The molecule has 1 aromatic carbocycles. The molecule has 0 aliphatic carbocycles. The Morgan fingerprint density at radius 2 is 2.19 bits per heavy atom. The molecule has 5 heteroatoms. The van der Waals surface area contributed by atoms with Gasteiger partial charge in [-0.1, -0.05) is 6.07 Å². The van der Waals surface area contributed by atoms with Gasteiger partial charge in [-0.3, -0.25) is 4.79 Å². The Morgan fingerprint density at radius 3 is 2.86 bits per heavy atom. The van der Waals surface area contributed by atoms with Crippen LogP contribution in [0.15, 0.2) is 23.1 Å². The average molecular weight is 329 g/mol. The molecule has 3 nitrogen and oxygen atoms in total. The highest BCUT2D eigenvalue weighted by Crippen LogP contribution is 2.21. The molecule has 118 valence electrons. The van der Waals surface area contributed by atoms with Crippen LogP contribution in [0, 0.1) is 13.8 Å². The maximum atomic E-state index is 11.8. The summed E-state index contributed by atoms with van der Waals surface area (Å²) in [6.45, 7) is 6.10. The van der Waals surface area contributed by atoms with Crippen molar-refractivity contribution in [3.8, 4) is 0 Å². The molecular formula is C16H25ClN2OS. The zero-order valence-electron chi connectivity index (χ0n) is 12.8. The topological polar surface area (TPSA) is 41.1 Å². The number of hydrogen-bond donors (Lipinski definition) is 2. The molecule has 1 saturated heterocycles. The summed E-state index contributed by atoms with van der Waals surface area (Å²) in [5, 5.41) is 6.40. The highest BCUT2D eigenvalue weighted by Gasteiger charge is 2.14. The van der Waals surface area contributed by atoms with Crippen LogP contribution >= 0.6 is 24.2 Å². The van der Waals surface area contributed by atoms with E-state index in [1.807, 2.05) is 0 Å². The van der Waals surface area contributed by atoms with E-state index in [1.54, 1.807) is 11.8 Å². The first-order valence-corrected chi connectivity index (χ1v) is 8.34. The summed E-state index contributed by atoms with van der Waals surface area (Å²) in [6.07, 6.45) is 2.99. The van der Waals surface area contributed by atoms with Gasteiger partial charge in [-0.25, -0.2) is 0 Å². The number of hydrogen-bond acceptors (Lipinski definition) is 3. The van der Waals surface area contributed by atoms with Crippen molar-refractivity contribution in [3.05, 3.63) is 29.3 Å². The Morgan fingerprint density at radius 1 is 1.38 bits per heavy atom. The largest absolute Gasteiger partial charge is 0.355 e. The minimum Gasteiger partial charge on any atom is -0.355 e. The Hall–Kier alpha value is -0.710. The van der Waals surface area contributed by atoms with E-state index in [9.17, 15) is 4.79 Å². The van der Waals surface area contributed by atoms with Crippen molar-refractivity contribution in [3.63, 3.8) is 0 Å². The van der Waals surface area contributed by atoms with Gasteiger partial charge >= 0.3 is 0 Å². The van der Waals surface area contributed by atoms with Crippen LogP contribution in [0.25, 0.3) is 0 Å². The molecular weight excluding hydrogens is 304 g/mol.